The number of hydrogen-bond donors (Lipinski definition) is 2. The standard InChI is InChI=1S/C7H14N2O/c8-6-4-2-1-3-5-9-7(6)10/h6H,1-5,8H2,(H,9,10)/t6-/m1/s1. The summed E-state index contributed by atoms with van der Waals surface area (Å²) in [6, 6.07) is -0.264. The minimum atomic E-state index is -0.264. The Bertz CT molecular complexity index is 125. The van der Waals surface area contributed by atoms with Crippen molar-refractivity contribution in [1.29, 1.82) is 0 Å². The summed E-state index contributed by atoms with van der Waals surface area (Å²) in [5, 5.41) is 2.77. The van der Waals surface area contributed by atoms with Gasteiger partial charge >= 0.3 is 0 Å². The van der Waals surface area contributed by atoms with Crippen LogP contribution in [-0.4, -0.2) is 18.5 Å². The molecule has 1 saturated heterocycles. The van der Waals surface area contributed by atoms with Gasteiger partial charge in [-0.2, -0.15) is 0 Å². The predicted molar refractivity (Wildman–Crippen MR) is 39.5 cm³/mol. The van der Waals surface area contributed by atoms with E-state index in [4.69, 9.17) is 5.73 Å². The molecule has 0 unspecified atom stereocenters. The summed E-state index contributed by atoms with van der Waals surface area (Å²) < 4.78 is 0. The number of rotatable bonds is 0. The van der Waals surface area contributed by atoms with Crippen LogP contribution in [0.1, 0.15) is 25.7 Å². The molecule has 0 aliphatic carbocycles. The molecule has 3 heteroatoms. The zero-order valence-electron chi connectivity index (χ0n) is 6.10. The van der Waals surface area contributed by atoms with Crippen molar-refractivity contribution in [2.75, 3.05) is 6.54 Å². The van der Waals surface area contributed by atoms with Crippen LogP contribution in [0.25, 0.3) is 0 Å². The van der Waals surface area contributed by atoms with Gasteiger partial charge in [0.15, 0.2) is 0 Å². The van der Waals surface area contributed by atoms with E-state index in [1.807, 2.05) is 0 Å². The van der Waals surface area contributed by atoms with Crippen LogP contribution < -0.4 is 11.1 Å². The third-order valence-electron chi connectivity index (χ3n) is 1.83. The SMILES string of the molecule is N[C@@H]1CCCCCNC1=O. The van der Waals surface area contributed by atoms with E-state index in [1.54, 1.807) is 0 Å². The van der Waals surface area contributed by atoms with Crippen LogP contribution in [0, 0.1) is 0 Å². The van der Waals surface area contributed by atoms with E-state index in [-0.39, 0.29) is 11.9 Å². The van der Waals surface area contributed by atoms with E-state index in [2.05, 4.69) is 5.32 Å². The van der Waals surface area contributed by atoms with Gasteiger partial charge in [-0.25, -0.2) is 0 Å². The largest absolute Gasteiger partial charge is 0.355 e. The Balaban J connectivity index is 2.35. The molecule has 0 bridgehead atoms. The van der Waals surface area contributed by atoms with Crippen LogP contribution in [0.3, 0.4) is 0 Å². The summed E-state index contributed by atoms with van der Waals surface area (Å²) in [4.78, 5) is 10.9. The Labute approximate surface area is 61.0 Å². The smallest absolute Gasteiger partial charge is 0.236 e. The Morgan fingerprint density at radius 2 is 2.20 bits per heavy atom. The lowest BCUT2D eigenvalue weighted by molar-refractivity contribution is -0.122. The van der Waals surface area contributed by atoms with Crippen molar-refractivity contribution in [3.63, 3.8) is 0 Å². The third kappa shape index (κ3) is 1.99. The number of nitrogens with two attached hydrogens (primary N) is 1. The van der Waals surface area contributed by atoms with Crippen LogP contribution in [0.5, 0.6) is 0 Å². The van der Waals surface area contributed by atoms with E-state index in [1.165, 1.54) is 6.42 Å². The van der Waals surface area contributed by atoms with Gasteiger partial charge in [0.1, 0.15) is 0 Å². The molecule has 0 spiro atoms. The molecule has 0 saturated carbocycles. The third-order valence-corrected chi connectivity index (χ3v) is 1.83. The minimum Gasteiger partial charge on any atom is -0.355 e. The van der Waals surface area contributed by atoms with Crippen molar-refractivity contribution < 1.29 is 4.79 Å². The van der Waals surface area contributed by atoms with E-state index in [9.17, 15) is 4.79 Å². The number of carbonyl (C=O) groups is 1. The second-order valence-electron chi connectivity index (χ2n) is 2.75. The van der Waals surface area contributed by atoms with E-state index < -0.39 is 0 Å². The monoisotopic (exact) mass is 142 g/mol. The average molecular weight is 142 g/mol. The van der Waals surface area contributed by atoms with Gasteiger partial charge < -0.3 is 11.1 Å². The molecule has 1 aliphatic rings. The lowest BCUT2D eigenvalue weighted by Gasteiger charge is -2.15. The molecule has 0 aromatic carbocycles. The normalized spacial score (nSPS) is 28.5. The van der Waals surface area contributed by atoms with Gasteiger partial charge in [0.25, 0.3) is 0 Å². The Morgan fingerprint density at radius 3 is 3.00 bits per heavy atom. The van der Waals surface area contributed by atoms with Crippen LogP contribution in [0.2, 0.25) is 0 Å². The second kappa shape index (κ2) is 3.56. The molecule has 1 heterocycles. The molecule has 10 heavy (non-hydrogen) atoms. The number of carbonyl (C=O) groups excluding carboxylic acids is 1. The minimum absolute atomic E-state index is 0.0136. The first-order chi connectivity index (χ1) is 4.80. The summed E-state index contributed by atoms with van der Waals surface area (Å²) >= 11 is 0. The highest BCUT2D eigenvalue weighted by Gasteiger charge is 2.13. The Kier molecular flexibility index (Phi) is 2.68. The van der Waals surface area contributed by atoms with Gasteiger partial charge in [-0.1, -0.05) is 12.8 Å². The van der Waals surface area contributed by atoms with Crippen molar-refractivity contribution >= 4 is 5.91 Å². The van der Waals surface area contributed by atoms with Crippen molar-refractivity contribution in [3.8, 4) is 0 Å². The van der Waals surface area contributed by atoms with Gasteiger partial charge in [0, 0.05) is 6.54 Å². The van der Waals surface area contributed by atoms with Crippen LogP contribution in [-0.2, 0) is 4.79 Å². The van der Waals surface area contributed by atoms with Gasteiger partial charge in [-0.15, -0.1) is 0 Å². The molecule has 0 aromatic heterocycles. The van der Waals surface area contributed by atoms with Gasteiger partial charge in [-0.05, 0) is 12.8 Å². The van der Waals surface area contributed by atoms with E-state index >= 15 is 0 Å². The van der Waals surface area contributed by atoms with Gasteiger partial charge in [-0.3, -0.25) is 4.79 Å². The van der Waals surface area contributed by atoms with E-state index in [0.717, 1.165) is 25.8 Å². The molecular weight excluding hydrogens is 128 g/mol. The number of amides is 1. The molecule has 0 radical (unpaired) electrons. The highest BCUT2D eigenvalue weighted by molar-refractivity contribution is 5.81. The first kappa shape index (κ1) is 7.54. The zero-order chi connectivity index (χ0) is 7.40. The van der Waals surface area contributed by atoms with Gasteiger partial charge in [0.05, 0.1) is 6.04 Å². The molecule has 3 nitrogen and oxygen atoms in total. The highest BCUT2D eigenvalue weighted by Crippen LogP contribution is 2.04. The van der Waals surface area contributed by atoms with E-state index in [0.29, 0.717) is 0 Å². The zero-order valence-corrected chi connectivity index (χ0v) is 6.10. The summed E-state index contributed by atoms with van der Waals surface area (Å²) in [6.45, 7) is 0.798. The molecular formula is C7H14N2O. The molecule has 1 amide bonds. The summed E-state index contributed by atoms with van der Waals surface area (Å²) in [5.41, 5.74) is 5.54. The summed E-state index contributed by atoms with van der Waals surface area (Å²) in [6.07, 6.45) is 4.22. The summed E-state index contributed by atoms with van der Waals surface area (Å²) in [5.74, 6) is 0.0136. The predicted octanol–water partition coefficient (Wildman–Crippen LogP) is 0.00390. The fourth-order valence-electron chi connectivity index (χ4n) is 1.14. The Morgan fingerprint density at radius 1 is 1.40 bits per heavy atom. The van der Waals surface area contributed by atoms with Crippen molar-refractivity contribution in [2.24, 2.45) is 5.73 Å². The molecule has 1 aliphatic heterocycles. The maximum Gasteiger partial charge on any atom is 0.236 e. The summed E-state index contributed by atoms with van der Waals surface area (Å²) in [7, 11) is 0. The molecule has 1 atom stereocenters. The molecule has 1 rings (SSSR count). The number of nitrogens with one attached hydrogen (secondary N) is 1. The van der Waals surface area contributed by atoms with Crippen LogP contribution in [0.4, 0.5) is 0 Å². The van der Waals surface area contributed by atoms with Crippen molar-refractivity contribution in [1.82, 2.24) is 5.32 Å². The first-order valence-electron chi connectivity index (χ1n) is 3.84. The highest BCUT2D eigenvalue weighted by atomic mass is 16.2. The quantitative estimate of drug-likeness (QED) is 0.500. The average Bonchev–Trinajstić information content (AvgIpc) is 1.92. The maximum absolute atomic E-state index is 10.9. The van der Waals surface area contributed by atoms with Gasteiger partial charge in [0.2, 0.25) is 5.91 Å². The van der Waals surface area contributed by atoms with Crippen LogP contribution >= 0.6 is 0 Å². The second-order valence-corrected chi connectivity index (χ2v) is 2.75. The fourth-order valence-corrected chi connectivity index (χ4v) is 1.14. The molecule has 58 valence electrons. The van der Waals surface area contributed by atoms with Crippen LogP contribution in [0.15, 0.2) is 0 Å². The Hall–Kier alpha value is -0.570. The molecule has 1 fully saturated rings. The van der Waals surface area contributed by atoms with Crippen molar-refractivity contribution in [3.05, 3.63) is 0 Å². The number of hydrogen-bond acceptors (Lipinski definition) is 2. The molecule has 3 N–H and O–H groups in total. The fraction of sp³-hybridized carbons (Fsp3) is 0.857. The lowest BCUT2D eigenvalue weighted by Crippen LogP contribution is -2.41. The lowest BCUT2D eigenvalue weighted by atomic mass is 10.1. The molecule has 0 aromatic rings. The first-order valence-corrected chi connectivity index (χ1v) is 3.84. The maximum atomic E-state index is 10.9. The topological polar surface area (TPSA) is 55.1 Å². The van der Waals surface area contributed by atoms with Crippen molar-refractivity contribution in [2.45, 2.75) is 31.7 Å².